The predicted molar refractivity (Wildman–Crippen MR) is 71.4 cm³/mol. The molecule has 1 aliphatic rings. The van der Waals surface area contributed by atoms with E-state index in [1.54, 1.807) is 12.4 Å². The lowest BCUT2D eigenvalue weighted by Crippen LogP contribution is -2.31. The molecule has 19 heavy (non-hydrogen) atoms. The zero-order chi connectivity index (χ0) is 13.5. The van der Waals surface area contributed by atoms with Gasteiger partial charge in [-0.25, -0.2) is 0 Å². The smallest absolute Gasteiger partial charge is 0.234 e. The highest BCUT2D eigenvalue weighted by atomic mass is 16.5. The first-order chi connectivity index (χ1) is 9.29. The van der Waals surface area contributed by atoms with Crippen LogP contribution in [0.1, 0.15) is 12.8 Å². The van der Waals surface area contributed by atoms with Crippen molar-refractivity contribution < 1.29 is 14.6 Å². The highest BCUT2D eigenvalue weighted by Gasteiger charge is 2.17. The molecular formula is C13H21N3O3. The molecule has 1 aromatic rings. The van der Waals surface area contributed by atoms with Gasteiger partial charge in [0.1, 0.15) is 6.61 Å². The number of aliphatic hydroxyl groups excluding tert-OH is 1. The Labute approximate surface area is 113 Å². The average Bonchev–Trinajstić information content (AvgIpc) is 2.46. The topological polar surface area (TPSA) is 67.7 Å². The van der Waals surface area contributed by atoms with Gasteiger partial charge in [0.15, 0.2) is 5.82 Å². The van der Waals surface area contributed by atoms with Crippen LogP contribution in [0.5, 0.6) is 5.88 Å². The summed E-state index contributed by atoms with van der Waals surface area (Å²) in [6.45, 7) is 2.81. The van der Waals surface area contributed by atoms with E-state index < -0.39 is 0 Å². The van der Waals surface area contributed by atoms with Gasteiger partial charge in [0.05, 0.1) is 25.6 Å². The number of hydrogen-bond donors (Lipinski definition) is 1. The van der Waals surface area contributed by atoms with E-state index in [-0.39, 0.29) is 13.2 Å². The van der Waals surface area contributed by atoms with Gasteiger partial charge in [-0.3, -0.25) is 4.98 Å². The Morgan fingerprint density at radius 3 is 3.16 bits per heavy atom. The van der Waals surface area contributed by atoms with Crippen LogP contribution in [0, 0.1) is 5.92 Å². The van der Waals surface area contributed by atoms with Crippen molar-refractivity contribution in [1.82, 2.24) is 9.97 Å². The molecule has 0 aliphatic carbocycles. The molecule has 2 rings (SSSR count). The second-order valence-electron chi connectivity index (χ2n) is 4.75. The van der Waals surface area contributed by atoms with E-state index in [2.05, 4.69) is 14.9 Å². The summed E-state index contributed by atoms with van der Waals surface area (Å²) < 4.78 is 10.7. The van der Waals surface area contributed by atoms with Crippen LogP contribution in [0.25, 0.3) is 0 Å². The van der Waals surface area contributed by atoms with Gasteiger partial charge in [-0.15, -0.1) is 0 Å². The van der Waals surface area contributed by atoms with Gasteiger partial charge < -0.3 is 19.5 Å². The summed E-state index contributed by atoms with van der Waals surface area (Å²) in [5.74, 6) is 1.77. The minimum absolute atomic E-state index is 0.0266. The number of aliphatic hydroxyl groups is 1. The standard InChI is InChI=1S/C13H21N3O3/c1-16(9-11-3-2-5-18-10-11)12-7-14-8-13(15-12)19-6-4-17/h7-8,11,17H,2-6,9-10H2,1H3. The lowest BCUT2D eigenvalue weighted by molar-refractivity contribution is 0.0576. The molecule has 1 aliphatic heterocycles. The van der Waals surface area contributed by atoms with E-state index in [1.165, 1.54) is 6.42 Å². The van der Waals surface area contributed by atoms with E-state index in [1.807, 2.05) is 7.05 Å². The molecule has 0 bridgehead atoms. The van der Waals surface area contributed by atoms with Gasteiger partial charge >= 0.3 is 0 Å². The molecule has 1 atom stereocenters. The summed E-state index contributed by atoms with van der Waals surface area (Å²) in [5, 5.41) is 8.72. The van der Waals surface area contributed by atoms with Crippen LogP contribution in [0.15, 0.2) is 12.4 Å². The van der Waals surface area contributed by atoms with Crippen molar-refractivity contribution in [2.24, 2.45) is 5.92 Å². The van der Waals surface area contributed by atoms with Crippen LogP contribution in [-0.2, 0) is 4.74 Å². The maximum atomic E-state index is 8.72. The number of aromatic nitrogens is 2. The second kappa shape index (κ2) is 7.25. The first kappa shape index (κ1) is 14.0. The predicted octanol–water partition coefficient (Wildman–Crippen LogP) is 0.710. The largest absolute Gasteiger partial charge is 0.474 e. The maximum Gasteiger partial charge on any atom is 0.234 e. The van der Waals surface area contributed by atoms with Crippen LogP contribution in [0.3, 0.4) is 0 Å². The zero-order valence-electron chi connectivity index (χ0n) is 11.3. The zero-order valence-corrected chi connectivity index (χ0v) is 11.3. The van der Waals surface area contributed by atoms with Gasteiger partial charge in [-0.05, 0) is 18.8 Å². The Kier molecular flexibility index (Phi) is 5.35. The third-order valence-electron chi connectivity index (χ3n) is 3.12. The number of hydrogen-bond acceptors (Lipinski definition) is 6. The molecule has 106 valence electrons. The van der Waals surface area contributed by atoms with E-state index in [4.69, 9.17) is 14.6 Å². The Bertz CT molecular complexity index is 383. The molecule has 6 heteroatoms. The first-order valence-electron chi connectivity index (χ1n) is 6.64. The molecule has 2 heterocycles. The minimum Gasteiger partial charge on any atom is -0.474 e. The number of ether oxygens (including phenoxy) is 2. The molecular weight excluding hydrogens is 246 g/mol. The van der Waals surface area contributed by atoms with Crippen molar-refractivity contribution in [1.29, 1.82) is 0 Å². The van der Waals surface area contributed by atoms with E-state index in [0.29, 0.717) is 11.8 Å². The molecule has 1 aromatic heterocycles. The summed E-state index contributed by atoms with van der Waals surface area (Å²) in [4.78, 5) is 10.5. The fourth-order valence-corrected chi connectivity index (χ4v) is 2.17. The summed E-state index contributed by atoms with van der Waals surface area (Å²) in [6.07, 6.45) is 5.59. The molecule has 0 spiro atoms. The fourth-order valence-electron chi connectivity index (χ4n) is 2.17. The number of rotatable bonds is 6. The summed E-state index contributed by atoms with van der Waals surface area (Å²) in [6, 6.07) is 0. The first-order valence-corrected chi connectivity index (χ1v) is 6.64. The second-order valence-corrected chi connectivity index (χ2v) is 4.75. The quantitative estimate of drug-likeness (QED) is 0.819. The SMILES string of the molecule is CN(CC1CCCOC1)c1cncc(OCCO)n1. The van der Waals surface area contributed by atoms with E-state index in [0.717, 1.165) is 32.0 Å². The van der Waals surface area contributed by atoms with Crippen molar-refractivity contribution in [2.75, 3.05) is 44.9 Å². The molecule has 0 saturated carbocycles. The van der Waals surface area contributed by atoms with Crippen molar-refractivity contribution in [2.45, 2.75) is 12.8 Å². The van der Waals surface area contributed by atoms with Gasteiger partial charge in [0, 0.05) is 20.2 Å². The molecule has 1 saturated heterocycles. The molecule has 1 N–H and O–H groups in total. The molecule has 0 radical (unpaired) electrons. The number of nitrogens with zero attached hydrogens (tertiary/aromatic N) is 3. The molecule has 0 amide bonds. The lowest BCUT2D eigenvalue weighted by atomic mass is 10.0. The van der Waals surface area contributed by atoms with Gasteiger partial charge in [-0.1, -0.05) is 0 Å². The highest BCUT2D eigenvalue weighted by molar-refractivity contribution is 5.36. The van der Waals surface area contributed by atoms with Gasteiger partial charge in [0.2, 0.25) is 5.88 Å². The molecule has 0 aromatic carbocycles. The van der Waals surface area contributed by atoms with Crippen molar-refractivity contribution in [3.05, 3.63) is 12.4 Å². The van der Waals surface area contributed by atoms with E-state index in [9.17, 15) is 0 Å². The third kappa shape index (κ3) is 4.33. The summed E-state index contributed by atoms with van der Waals surface area (Å²) in [7, 11) is 1.99. The molecule has 6 nitrogen and oxygen atoms in total. The normalized spacial score (nSPS) is 19.2. The Hall–Kier alpha value is -1.40. The van der Waals surface area contributed by atoms with Crippen LogP contribution in [0.2, 0.25) is 0 Å². The van der Waals surface area contributed by atoms with Gasteiger partial charge in [-0.2, -0.15) is 4.98 Å². The Morgan fingerprint density at radius 2 is 2.42 bits per heavy atom. The average molecular weight is 267 g/mol. The van der Waals surface area contributed by atoms with Crippen LogP contribution >= 0.6 is 0 Å². The Balaban J connectivity index is 1.91. The van der Waals surface area contributed by atoms with Crippen molar-refractivity contribution in [3.8, 4) is 5.88 Å². The van der Waals surface area contributed by atoms with Crippen LogP contribution < -0.4 is 9.64 Å². The Morgan fingerprint density at radius 1 is 1.53 bits per heavy atom. The minimum atomic E-state index is -0.0266. The number of anilines is 1. The molecule has 1 fully saturated rings. The van der Waals surface area contributed by atoms with E-state index >= 15 is 0 Å². The summed E-state index contributed by atoms with van der Waals surface area (Å²) in [5.41, 5.74) is 0. The van der Waals surface area contributed by atoms with Gasteiger partial charge in [0.25, 0.3) is 0 Å². The monoisotopic (exact) mass is 267 g/mol. The maximum absolute atomic E-state index is 8.72. The highest BCUT2D eigenvalue weighted by Crippen LogP contribution is 2.18. The van der Waals surface area contributed by atoms with Crippen molar-refractivity contribution >= 4 is 5.82 Å². The lowest BCUT2D eigenvalue weighted by Gasteiger charge is -2.27. The van der Waals surface area contributed by atoms with Crippen LogP contribution in [0.4, 0.5) is 5.82 Å². The third-order valence-corrected chi connectivity index (χ3v) is 3.12. The molecule has 1 unspecified atom stereocenters. The van der Waals surface area contributed by atoms with Crippen molar-refractivity contribution in [3.63, 3.8) is 0 Å². The summed E-state index contributed by atoms with van der Waals surface area (Å²) >= 11 is 0. The fraction of sp³-hybridized carbons (Fsp3) is 0.692. The van der Waals surface area contributed by atoms with Crippen LogP contribution in [-0.4, -0.2) is 55.1 Å².